The number of allylic oxidation sites excluding steroid dienone is 9. The van der Waals surface area contributed by atoms with Gasteiger partial charge in [-0.1, -0.05) is 126 Å². The van der Waals surface area contributed by atoms with E-state index in [2.05, 4.69) is 71.9 Å². The summed E-state index contributed by atoms with van der Waals surface area (Å²) in [6.45, 7) is 13.9. The van der Waals surface area contributed by atoms with Crippen LogP contribution in [0.4, 0.5) is 0 Å². The van der Waals surface area contributed by atoms with E-state index in [1.807, 2.05) is 6.08 Å². The Morgan fingerprint density at radius 2 is 1.55 bits per heavy atom. The molecule has 0 spiro atoms. The molecule has 0 N–H and O–H groups in total. The maximum absolute atomic E-state index is 12.1. The van der Waals surface area contributed by atoms with E-state index < -0.39 is 0 Å². The Morgan fingerprint density at radius 1 is 0.881 bits per heavy atom. The largest absolute Gasteiger partial charge is 0.461 e. The van der Waals surface area contributed by atoms with Crippen molar-refractivity contribution < 1.29 is 9.53 Å². The van der Waals surface area contributed by atoms with E-state index in [0.29, 0.717) is 13.0 Å². The van der Waals surface area contributed by atoms with Crippen LogP contribution in [-0.4, -0.2) is 12.6 Å². The number of rotatable bonds is 20. The maximum Gasteiger partial charge on any atom is 0.306 e. The van der Waals surface area contributed by atoms with Crippen LogP contribution >= 0.6 is 0 Å². The Balaban J connectivity index is 1.17. The van der Waals surface area contributed by atoms with Crippen molar-refractivity contribution in [1.82, 2.24) is 0 Å². The lowest BCUT2D eigenvalue weighted by atomic mass is 9.72. The molecule has 0 amide bonds. The third kappa shape index (κ3) is 13.2. The van der Waals surface area contributed by atoms with Crippen LogP contribution in [0.25, 0.3) is 0 Å². The number of carbonyl (C=O) groups excluding carboxylic acids is 1. The smallest absolute Gasteiger partial charge is 0.306 e. The predicted molar refractivity (Wildman–Crippen MR) is 181 cm³/mol. The molecule has 0 aliphatic heterocycles. The topological polar surface area (TPSA) is 26.3 Å². The molecule has 2 saturated carbocycles. The average Bonchev–Trinajstić information content (AvgIpc) is 3.86. The molecule has 2 nitrogen and oxygen atoms in total. The Kier molecular flexibility index (Phi) is 14.9. The minimum atomic E-state index is -0.0620. The molecular weight excluding hydrogens is 512 g/mol. The van der Waals surface area contributed by atoms with E-state index in [4.69, 9.17) is 4.74 Å². The highest BCUT2D eigenvalue weighted by molar-refractivity contribution is 5.69. The summed E-state index contributed by atoms with van der Waals surface area (Å²) < 4.78 is 5.45. The average molecular weight is 577 g/mol. The first-order valence-corrected chi connectivity index (χ1v) is 17.7. The van der Waals surface area contributed by atoms with E-state index in [-0.39, 0.29) is 11.4 Å². The molecule has 0 heterocycles. The molecule has 2 heteroatoms. The summed E-state index contributed by atoms with van der Waals surface area (Å²) in [4.78, 5) is 12.1. The molecule has 4 atom stereocenters. The monoisotopic (exact) mass is 576 g/mol. The summed E-state index contributed by atoms with van der Waals surface area (Å²) >= 11 is 0. The Labute approximate surface area is 260 Å². The summed E-state index contributed by atoms with van der Waals surface area (Å²) in [5.74, 6) is 4.23. The highest BCUT2D eigenvalue weighted by Gasteiger charge is 2.44. The predicted octanol–water partition coefficient (Wildman–Crippen LogP) is 12.0. The Morgan fingerprint density at radius 3 is 2.24 bits per heavy atom. The highest BCUT2D eigenvalue weighted by Crippen LogP contribution is 2.54. The summed E-state index contributed by atoms with van der Waals surface area (Å²) in [5, 5.41) is 0. The van der Waals surface area contributed by atoms with Gasteiger partial charge in [0.25, 0.3) is 0 Å². The summed E-state index contributed by atoms with van der Waals surface area (Å²) in [6, 6.07) is 0. The van der Waals surface area contributed by atoms with Crippen LogP contribution in [0.3, 0.4) is 0 Å². The van der Waals surface area contributed by atoms with E-state index >= 15 is 0 Å². The quantitative estimate of drug-likeness (QED) is 0.0818. The first-order chi connectivity index (χ1) is 20.2. The number of carbonyl (C=O) groups is 1. The summed E-state index contributed by atoms with van der Waals surface area (Å²) in [6.07, 6.45) is 35.1. The third-order valence-corrected chi connectivity index (χ3v) is 10.3. The van der Waals surface area contributed by atoms with Gasteiger partial charge in [0.2, 0.25) is 0 Å². The first-order valence-electron chi connectivity index (χ1n) is 17.7. The molecule has 0 aromatic heterocycles. The van der Waals surface area contributed by atoms with Gasteiger partial charge >= 0.3 is 5.97 Å². The number of hydrogen-bond acceptors (Lipinski definition) is 2. The summed E-state index contributed by atoms with van der Waals surface area (Å²) in [7, 11) is 0. The molecule has 0 radical (unpaired) electrons. The van der Waals surface area contributed by atoms with Crippen LogP contribution in [0.5, 0.6) is 0 Å². The summed E-state index contributed by atoms with van der Waals surface area (Å²) in [5.41, 5.74) is 5.66. The van der Waals surface area contributed by atoms with Gasteiger partial charge in [-0.15, -0.1) is 0 Å². The number of unbranched alkanes of at least 4 members (excludes halogenated alkanes) is 6. The zero-order chi connectivity index (χ0) is 30.4. The number of esters is 1. The van der Waals surface area contributed by atoms with Crippen molar-refractivity contribution in [2.45, 2.75) is 151 Å². The van der Waals surface area contributed by atoms with E-state index in [1.54, 1.807) is 6.42 Å². The lowest BCUT2D eigenvalue weighted by Crippen LogP contribution is -2.19. The molecular formula is C40H64O2. The second-order valence-corrected chi connectivity index (χ2v) is 14.7. The van der Waals surface area contributed by atoms with Crippen molar-refractivity contribution in [3.05, 3.63) is 58.7 Å². The molecule has 3 aliphatic carbocycles. The van der Waals surface area contributed by atoms with Crippen molar-refractivity contribution in [3.8, 4) is 0 Å². The molecule has 0 aromatic carbocycles. The Hall–Kier alpha value is -1.83. The first kappa shape index (κ1) is 34.7. The highest BCUT2D eigenvalue weighted by atomic mass is 16.5. The lowest BCUT2D eigenvalue weighted by molar-refractivity contribution is -0.142. The van der Waals surface area contributed by atoms with Crippen molar-refractivity contribution in [1.29, 1.82) is 0 Å². The van der Waals surface area contributed by atoms with Gasteiger partial charge in [0.15, 0.2) is 0 Å². The van der Waals surface area contributed by atoms with Crippen LogP contribution in [0.15, 0.2) is 58.7 Å². The second kappa shape index (κ2) is 18.1. The van der Waals surface area contributed by atoms with Gasteiger partial charge < -0.3 is 4.74 Å². The van der Waals surface area contributed by atoms with Crippen LogP contribution < -0.4 is 0 Å². The second-order valence-electron chi connectivity index (χ2n) is 14.7. The molecule has 0 bridgehead atoms. The maximum atomic E-state index is 12.1. The van der Waals surface area contributed by atoms with Crippen molar-refractivity contribution >= 4 is 5.97 Å². The van der Waals surface area contributed by atoms with Gasteiger partial charge in [0, 0.05) is 6.42 Å². The third-order valence-electron chi connectivity index (χ3n) is 10.3. The molecule has 2 fully saturated rings. The van der Waals surface area contributed by atoms with Gasteiger partial charge in [-0.2, -0.15) is 0 Å². The SMILES string of the molecule is CCCCCC1CC1CC1CC1CCCCCCCC(=O)OC/C=C(C)/C=C/C=C(C)/C=C/C1=C(C)CCCC1(C)C. The number of hydrogen-bond donors (Lipinski definition) is 0. The zero-order valence-electron chi connectivity index (χ0n) is 28.3. The van der Waals surface area contributed by atoms with Crippen molar-refractivity contribution in [3.63, 3.8) is 0 Å². The van der Waals surface area contributed by atoms with Crippen LogP contribution in [0.1, 0.15) is 151 Å². The molecule has 3 rings (SSSR count). The fourth-order valence-corrected chi connectivity index (χ4v) is 7.20. The minimum Gasteiger partial charge on any atom is -0.461 e. The fraction of sp³-hybridized carbons (Fsp3) is 0.725. The van der Waals surface area contributed by atoms with Gasteiger partial charge in [-0.3, -0.25) is 4.79 Å². The molecule has 0 aromatic rings. The molecule has 0 saturated heterocycles. The van der Waals surface area contributed by atoms with E-state index in [1.165, 1.54) is 100 Å². The Bertz CT molecular complexity index is 987. The fourth-order valence-electron chi connectivity index (χ4n) is 7.20. The standard InChI is InChI=1S/C40H64O2/c1-7-8-12-20-34-28-36(34)30-37-29-35(37)21-13-10-9-11-14-22-39(41)42-27-25-32(3)18-15-17-31(2)23-24-38-33(4)19-16-26-40(38,5)6/h15,17-18,23-25,34-37H,7-14,16,19-22,26-30H2,1-6H3/b18-15+,24-23+,31-17+,32-25+. The van der Waals surface area contributed by atoms with Gasteiger partial charge in [0.1, 0.15) is 6.61 Å². The molecule has 3 aliphatic rings. The number of ether oxygens (including phenoxy) is 1. The molecule has 4 unspecified atom stereocenters. The van der Waals surface area contributed by atoms with Crippen LogP contribution in [-0.2, 0) is 9.53 Å². The van der Waals surface area contributed by atoms with Gasteiger partial charge in [-0.25, -0.2) is 0 Å². The molecule has 42 heavy (non-hydrogen) atoms. The van der Waals surface area contributed by atoms with Crippen molar-refractivity contribution in [2.24, 2.45) is 29.1 Å². The zero-order valence-corrected chi connectivity index (χ0v) is 28.3. The van der Waals surface area contributed by atoms with Crippen LogP contribution in [0.2, 0.25) is 0 Å². The lowest BCUT2D eigenvalue weighted by Gasteiger charge is -2.32. The normalized spacial score (nSPS) is 26.0. The minimum absolute atomic E-state index is 0.0620. The van der Waals surface area contributed by atoms with E-state index in [0.717, 1.165) is 42.1 Å². The van der Waals surface area contributed by atoms with Gasteiger partial charge in [0.05, 0.1) is 0 Å². The van der Waals surface area contributed by atoms with Gasteiger partial charge in [-0.05, 0) is 106 Å². The molecule has 236 valence electrons. The van der Waals surface area contributed by atoms with Crippen molar-refractivity contribution in [2.75, 3.05) is 6.61 Å². The van der Waals surface area contributed by atoms with Crippen LogP contribution in [0, 0.1) is 29.1 Å². The van der Waals surface area contributed by atoms with E-state index in [9.17, 15) is 4.79 Å².